The van der Waals surface area contributed by atoms with Crippen LogP contribution >= 0.6 is 0 Å². The molecule has 1 N–H and O–H groups in total. The van der Waals surface area contributed by atoms with Crippen molar-refractivity contribution in [1.29, 1.82) is 0 Å². The summed E-state index contributed by atoms with van der Waals surface area (Å²) in [5.74, 6) is -1.37. The van der Waals surface area contributed by atoms with Crippen molar-refractivity contribution in [2.24, 2.45) is 11.1 Å². The Bertz CT molecular complexity index is 779. The first-order valence-corrected chi connectivity index (χ1v) is 6.42. The van der Waals surface area contributed by atoms with Gasteiger partial charge in [-0.1, -0.05) is 11.2 Å². The summed E-state index contributed by atoms with van der Waals surface area (Å²) in [6, 6.07) is 3.89. The highest BCUT2D eigenvalue weighted by molar-refractivity contribution is 6.23. The molecule has 104 valence electrons. The molecule has 0 aromatic heterocycles. The fraction of sp³-hybridized carbons (Fsp3) is 0.133. The lowest BCUT2D eigenvalue weighted by molar-refractivity contribution is -0.113. The number of hydrogen-bond donors (Lipinski definition) is 1. The molecule has 3 aliphatic rings. The summed E-state index contributed by atoms with van der Waals surface area (Å²) in [6.45, 7) is 0. The van der Waals surface area contributed by atoms with Gasteiger partial charge in [-0.2, -0.15) is 0 Å². The van der Waals surface area contributed by atoms with Gasteiger partial charge in [-0.05, 0) is 24.3 Å². The highest BCUT2D eigenvalue weighted by atomic mass is 19.1. The SMILES string of the molecule is O=C1C=CC2C=NOC2C1=C1Nc2ccc(F)cc2C1=O. The second kappa shape index (κ2) is 4.12. The summed E-state index contributed by atoms with van der Waals surface area (Å²) in [6.07, 6.45) is 4.08. The van der Waals surface area contributed by atoms with E-state index in [1.807, 2.05) is 0 Å². The van der Waals surface area contributed by atoms with Crippen LogP contribution in [-0.2, 0) is 9.63 Å². The lowest BCUT2D eigenvalue weighted by atomic mass is 9.86. The molecular formula is C15H9FN2O3. The number of nitrogens with one attached hydrogen (secondary N) is 1. The summed E-state index contributed by atoms with van der Waals surface area (Å²) >= 11 is 0. The zero-order chi connectivity index (χ0) is 14.6. The van der Waals surface area contributed by atoms with E-state index in [0.29, 0.717) is 5.69 Å². The third-order valence-electron chi connectivity index (χ3n) is 3.76. The number of rotatable bonds is 0. The molecule has 2 heterocycles. The number of nitrogens with zero attached hydrogens (tertiary/aromatic N) is 1. The maximum Gasteiger partial charge on any atom is 0.211 e. The van der Waals surface area contributed by atoms with E-state index in [2.05, 4.69) is 10.5 Å². The summed E-state index contributed by atoms with van der Waals surface area (Å²) in [5, 5.41) is 6.61. The number of Topliss-reactive ketones (excluding diaryl/α,β-unsaturated/α-hetero) is 1. The number of allylic oxidation sites excluding steroid dienone is 2. The van der Waals surface area contributed by atoms with Gasteiger partial charge >= 0.3 is 0 Å². The van der Waals surface area contributed by atoms with Gasteiger partial charge in [0.1, 0.15) is 5.82 Å². The average Bonchev–Trinajstić information content (AvgIpc) is 3.05. The number of halogens is 1. The van der Waals surface area contributed by atoms with Crippen molar-refractivity contribution in [2.45, 2.75) is 6.10 Å². The molecule has 5 nitrogen and oxygen atoms in total. The first kappa shape index (κ1) is 12.0. The van der Waals surface area contributed by atoms with Crippen LogP contribution in [0, 0.1) is 11.7 Å². The van der Waals surface area contributed by atoms with E-state index in [1.54, 1.807) is 12.3 Å². The maximum absolute atomic E-state index is 13.3. The van der Waals surface area contributed by atoms with Crippen LogP contribution < -0.4 is 5.32 Å². The predicted molar refractivity (Wildman–Crippen MR) is 72.4 cm³/mol. The molecule has 0 radical (unpaired) electrons. The van der Waals surface area contributed by atoms with Crippen LogP contribution in [0.4, 0.5) is 10.1 Å². The molecule has 1 aromatic carbocycles. The van der Waals surface area contributed by atoms with Gasteiger partial charge in [0.2, 0.25) is 5.78 Å². The Morgan fingerprint density at radius 2 is 2.14 bits per heavy atom. The molecule has 4 rings (SSSR count). The fourth-order valence-corrected chi connectivity index (χ4v) is 2.74. The molecule has 6 heteroatoms. The van der Waals surface area contributed by atoms with Crippen molar-refractivity contribution < 1.29 is 18.8 Å². The minimum absolute atomic E-state index is 0.144. The number of benzene rings is 1. The molecule has 0 saturated heterocycles. The van der Waals surface area contributed by atoms with Gasteiger partial charge in [0, 0.05) is 0 Å². The second-order valence-electron chi connectivity index (χ2n) is 5.01. The maximum atomic E-state index is 13.3. The van der Waals surface area contributed by atoms with Gasteiger partial charge < -0.3 is 10.2 Å². The molecule has 0 saturated carbocycles. The van der Waals surface area contributed by atoms with Crippen LogP contribution in [0.25, 0.3) is 0 Å². The normalized spacial score (nSPS) is 29.2. The second-order valence-corrected chi connectivity index (χ2v) is 5.01. The van der Waals surface area contributed by atoms with Crippen molar-refractivity contribution in [3.8, 4) is 0 Å². The lowest BCUT2D eigenvalue weighted by Gasteiger charge is -2.21. The Hall–Kier alpha value is -2.76. The Kier molecular flexibility index (Phi) is 2.35. The number of hydrogen-bond acceptors (Lipinski definition) is 5. The van der Waals surface area contributed by atoms with Crippen LogP contribution in [0.2, 0.25) is 0 Å². The van der Waals surface area contributed by atoms with E-state index in [9.17, 15) is 14.0 Å². The van der Waals surface area contributed by atoms with E-state index in [0.717, 1.165) is 6.07 Å². The summed E-state index contributed by atoms with van der Waals surface area (Å²) in [4.78, 5) is 29.8. The molecule has 0 spiro atoms. The van der Waals surface area contributed by atoms with Crippen LogP contribution in [-0.4, -0.2) is 23.9 Å². The number of carbonyl (C=O) groups excluding carboxylic acids is 2. The molecule has 1 aliphatic carbocycles. The largest absolute Gasteiger partial charge is 0.387 e. The van der Waals surface area contributed by atoms with Gasteiger partial charge in [0.25, 0.3) is 0 Å². The van der Waals surface area contributed by atoms with Crippen LogP contribution in [0.1, 0.15) is 10.4 Å². The van der Waals surface area contributed by atoms with Gasteiger partial charge in [-0.3, -0.25) is 9.59 Å². The molecule has 2 atom stereocenters. The third kappa shape index (κ3) is 1.65. The van der Waals surface area contributed by atoms with E-state index in [4.69, 9.17) is 4.84 Å². The first-order chi connectivity index (χ1) is 10.1. The fourth-order valence-electron chi connectivity index (χ4n) is 2.74. The van der Waals surface area contributed by atoms with E-state index in [1.165, 1.54) is 18.2 Å². The molecule has 21 heavy (non-hydrogen) atoms. The molecule has 0 fully saturated rings. The Morgan fingerprint density at radius 1 is 1.29 bits per heavy atom. The number of oxime groups is 1. The van der Waals surface area contributed by atoms with Crippen LogP contribution in [0.15, 0.2) is 46.8 Å². The quantitative estimate of drug-likeness (QED) is 0.738. The topological polar surface area (TPSA) is 67.8 Å². The lowest BCUT2D eigenvalue weighted by Crippen LogP contribution is -2.31. The molecule has 2 unspecified atom stereocenters. The van der Waals surface area contributed by atoms with Crippen LogP contribution in [0.3, 0.4) is 0 Å². The zero-order valence-corrected chi connectivity index (χ0v) is 10.7. The van der Waals surface area contributed by atoms with E-state index >= 15 is 0 Å². The van der Waals surface area contributed by atoms with Crippen molar-refractivity contribution in [3.63, 3.8) is 0 Å². The smallest absolute Gasteiger partial charge is 0.211 e. The molecular weight excluding hydrogens is 275 g/mol. The Balaban J connectivity index is 1.85. The minimum atomic E-state index is -0.604. The van der Waals surface area contributed by atoms with Crippen molar-refractivity contribution >= 4 is 23.5 Å². The monoisotopic (exact) mass is 284 g/mol. The van der Waals surface area contributed by atoms with E-state index in [-0.39, 0.29) is 28.5 Å². The predicted octanol–water partition coefficient (Wildman–Crippen LogP) is 1.83. The molecule has 2 aliphatic heterocycles. The molecule has 0 amide bonds. The summed E-state index contributed by atoms with van der Waals surface area (Å²) in [5.41, 5.74) is 1.09. The van der Waals surface area contributed by atoms with Gasteiger partial charge in [-0.25, -0.2) is 4.39 Å². The minimum Gasteiger partial charge on any atom is -0.387 e. The zero-order valence-electron chi connectivity index (χ0n) is 10.7. The number of fused-ring (bicyclic) bond motifs is 2. The Labute approximate surface area is 118 Å². The standard InChI is InChI=1S/C15H9FN2O3/c16-8-2-3-10-9(5-8)14(20)13(18-10)12-11(19)4-1-7-6-17-21-15(7)12/h1-7,15,18H. The average molecular weight is 284 g/mol. The number of carbonyl (C=O) groups is 2. The van der Waals surface area contributed by atoms with Gasteiger partial charge in [0.05, 0.1) is 34.7 Å². The first-order valence-electron chi connectivity index (χ1n) is 6.42. The van der Waals surface area contributed by atoms with Crippen molar-refractivity contribution in [2.75, 3.05) is 5.32 Å². The summed E-state index contributed by atoms with van der Waals surface area (Å²) < 4.78 is 13.3. The van der Waals surface area contributed by atoms with Gasteiger partial charge in [0.15, 0.2) is 11.9 Å². The molecule has 1 aromatic rings. The highest BCUT2D eigenvalue weighted by Gasteiger charge is 2.40. The number of anilines is 1. The Morgan fingerprint density at radius 3 is 3.00 bits per heavy atom. The summed E-state index contributed by atoms with van der Waals surface area (Å²) in [7, 11) is 0. The van der Waals surface area contributed by atoms with Crippen LogP contribution in [0.5, 0.6) is 0 Å². The third-order valence-corrected chi connectivity index (χ3v) is 3.76. The van der Waals surface area contributed by atoms with Gasteiger partial charge in [-0.15, -0.1) is 0 Å². The van der Waals surface area contributed by atoms with Crippen molar-refractivity contribution in [3.05, 3.63) is 53.0 Å². The highest BCUT2D eigenvalue weighted by Crippen LogP contribution is 2.35. The molecule has 0 bridgehead atoms. The number of ketones is 2. The van der Waals surface area contributed by atoms with Crippen molar-refractivity contribution in [1.82, 2.24) is 0 Å². The van der Waals surface area contributed by atoms with E-state index < -0.39 is 17.7 Å².